The second-order valence-electron chi connectivity index (χ2n) is 5.50. The molecule has 1 heteroatoms. The van der Waals surface area contributed by atoms with Crippen LogP contribution in [0.2, 0.25) is 0 Å². The van der Waals surface area contributed by atoms with Gasteiger partial charge in [0.15, 0.2) is 0 Å². The monoisotopic (exact) mass is 254 g/mol. The molecule has 0 aliphatic carbocycles. The van der Waals surface area contributed by atoms with Gasteiger partial charge < -0.3 is 5.11 Å². The zero-order chi connectivity index (χ0) is 13.5. The van der Waals surface area contributed by atoms with Crippen LogP contribution in [0.4, 0.5) is 0 Å². The molecule has 0 fully saturated rings. The Hall–Kier alpha value is -0.300. The highest BCUT2D eigenvalue weighted by Crippen LogP contribution is 2.14. The molecule has 0 aliphatic heterocycles. The van der Waals surface area contributed by atoms with Gasteiger partial charge in [0.05, 0.1) is 0 Å². The third kappa shape index (κ3) is 12.2. The molecule has 0 aliphatic rings. The minimum atomic E-state index is 0.265. The van der Waals surface area contributed by atoms with Gasteiger partial charge in [0.2, 0.25) is 0 Å². The average molecular weight is 254 g/mol. The van der Waals surface area contributed by atoms with Gasteiger partial charge in [-0.05, 0) is 12.3 Å². The quantitative estimate of drug-likeness (QED) is 0.321. The molecule has 18 heavy (non-hydrogen) atoms. The van der Waals surface area contributed by atoms with Crippen LogP contribution in [0.25, 0.3) is 0 Å². The van der Waals surface area contributed by atoms with Gasteiger partial charge in [-0.25, -0.2) is 0 Å². The number of aliphatic hydroxyl groups excluding tert-OH is 1. The van der Waals surface area contributed by atoms with Crippen molar-refractivity contribution in [3.05, 3.63) is 12.7 Å². The molecule has 0 amide bonds. The largest absolute Gasteiger partial charge is 0.396 e. The van der Waals surface area contributed by atoms with E-state index < -0.39 is 0 Å². The van der Waals surface area contributed by atoms with E-state index in [1.807, 2.05) is 6.08 Å². The summed E-state index contributed by atoms with van der Waals surface area (Å²) in [5.74, 6) is 0.323. The average Bonchev–Trinajstić information content (AvgIpc) is 2.40. The number of rotatable bonds is 14. The van der Waals surface area contributed by atoms with Crippen LogP contribution in [-0.4, -0.2) is 11.7 Å². The van der Waals surface area contributed by atoms with Crippen molar-refractivity contribution in [2.45, 2.75) is 84.0 Å². The summed E-state index contributed by atoms with van der Waals surface area (Å²) in [4.78, 5) is 0. The summed E-state index contributed by atoms with van der Waals surface area (Å²) in [5.41, 5.74) is 0. The SMILES string of the molecule is C=CC(CO)CCCCCCCCCCCCC. The summed E-state index contributed by atoms with van der Waals surface area (Å²) < 4.78 is 0. The molecule has 0 radical (unpaired) electrons. The van der Waals surface area contributed by atoms with Crippen LogP contribution in [0.1, 0.15) is 84.0 Å². The maximum Gasteiger partial charge on any atom is 0.0493 e. The summed E-state index contributed by atoms with van der Waals surface area (Å²) in [6.45, 7) is 6.28. The molecule has 1 N–H and O–H groups in total. The Morgan fingerprint density at radius 3 is 1.67 bits per heavy atom. The number of unbranched alkanes of at least 4 members (excludes halogenated alkanes) is 10. The van der Waals surface area contributed by atoms with E-state index >= 15 is 0 Å². The van der Waals surface area contributed by atoms with Gasteiger partial charge in [-0.15, -0.1) is 6.58 Å². The van der Waals surface area contributed by atoms with E-state index in [-0.39, 0.29) is 6.61 Å². The van der Waals surface area contributed by atoms with Crippen molar-refractivity contribution in [1.82, 2.24) is 0 Å². The molecule has 1 nitrogen and oxygen atoms in total. The normalized spacial score (nSPS) is 12.6. The summed E-state index contributed by atoms with van der Waals surface area (Å²) in [7, 11) is 0. The van der Waals surface area contributed by atoms with Crippen molar-refractivity contribution < 1.29 is 5.11 Å². The van der Waals surface area contributed by atoms with Crippen LogP contribution in [0.3, 0.4) is 0 Å². The molecule has 0 heterocycles. The summed E-state index contributed by atoms with van der Waals surface area (Å²) in [5, 5.41) is 9.02. The van der Waals surface area contributed by atoms with Crippen molar-refractivity contribution in [2.24, 2.45) is 5.92 Å². The fraction of sp³-hybridized carbons (Fsp3) is 0.882. The molecule has 0 spiro atoms. The minimum absolute atomic E-state index is 0.265. The second-order valence-corrected chi connectivity index (χ2v) is 5.50. The lowest BCUT2D eigenvalue weighted by Crippen LogP contribution is -2.01. The fourth-order valence-electron chi connectivity index (χ4n) is 2.35. The molecule has 1 unspecified atom stereocenters. The first-order chi connectivity index (χ1) is 8.85. The van der Waals surface area contributed by atoms with E-state index in [1.165, 1.54) is 70.6 Å². The highest BCUT2D eigenvalue weighted by atomic mass is 16.3. The molecule has 0 aromatic heterocycles. The molecule has 0 saturated carbocycles. The maximum absolute atomic E-state index is 9.02. The van der Waals surface area contributed by atoms with Gasteiger partial charge >= 0.3 is 0 Å². The summed E-state index contributed by atoms with van der Waals surface area (Å²) in [6, 6.07) is 0. The molecule has 1 atom stereocenters. The van der Waals surface area contributed by atoms with Gasteiger partial charge in [-0.3, -0.25) is 0 Å². The number of aliphatic hydroxyl groups is 1. The topological polar surface area (TPSA) is 20.2 Å². The van der Waals surface area contributed by atoms with E-state index in [9.17, 15) is 0 Å². The Morgan fingerprint density at radius 1 is 0.833 bits per heavy atom. The Labute approximate surface area is 115 Å². The Kier molecular flexibility index (Phi) is 14.5. The standard InChI is InChI=1S/C17H34O/c1-3-5-6-7-8-9-10-11-12-13-14-15-17(4-2)16-18/h4,17-18H,2-3,5-16H2,1H3. The van der Waals surface area contributed by atoms with Crippen LogP contribution >= 0.6 is 0 Å². The van der Waals surface area contributed by atoms with Crippen molar-refractivity contribution in [3.63, 3.8) is 0 Å². The predicted octanol–water partition coefficient (Wildman–Crippen LogP) is 5.48. The van der Waals surface area contributed by atoms with Gasteiger partial charge in [-0.1, -0.05) is 83.6 Å². The zero-order valence-corrected chi connectivity index (χ0v) is 12.5. The number of hydrogen-bond donors (Lipinski definition) is 1. The molecule has 108 valence electrons. The van der Waals surface area contributed by atoms with Gasteiger partial charge in [0.1, 0.15) is 0 Å². The van der Waals surface area contributed by atoms with Gasteiger partial charge in [0, 0.05) is 6.61 Å². The summed E-state index contributed by atoms with van der Waals surface area (Å²) in [6.07, 6.45) is 18.2. The molecular weight excluding hydrogens is 220 g/mol. The van der Waals surface area contributed by atoms with E-state index in [0.717, 1.165) is 6.42 Å². The fourth-order valence-corrected chi connectivity index (χ4v) is 2.35. The van der Waals surface area contributed by atoms with Crippen molar-refractivity contribution in [2.75, 3.05) is 6.61 Å². The predicted molar refractivity (Wildman–Crippen MR) is 81.9 cm³/mol. The Bertz CT molecular complexity index is 165. The van der Waals surface area contributed by atoms with Crippen LogP contribution in [0.5, 0.6) is 0 Å². The highest BCUT2D eigenvalue weighted by Gasteiger charge is 2.01. The van der Waals surface area contributed by atoms with Gasteiger partial charge in [0.25, 0.3) is 0 Å². The van der Waals surface area contributed by atoms with E-state index in [1.54, 1.807) is 0 Å². The van der Waals surface area contributed by atoms with Crippen LogP contribution < -0.4 is 0 Å². The molecule has 0 aromatic rings. The van der Waals surface area contributed by atoms with Crippen LogP contribution in [0.15, 0.2) is 12.7 Å². The lowest BCUT2D eigenvalue weighted by atomic mass is 10.0. The lowest BCUT2D eigenvalue weighted by Gasteiger charge is -2.08. The van der Waals surface area contributed by atoms with Crippen molar-refractivity contribution in [1.29, 1.82) is 0 Å². The second kappa shape index (κ2) is 14.8. The summed E-state index contributed by atoms with van der Waals surface area (Å²) >= 11 is 0. The Morgan fingerprint density at radius 2 is 1.28 bits per heavy atom. The zero-order valence-electron chi connectivity index (χ0n) is 12.5. The van der Waals surface area contributed by atoms with Crippen molar-refractivity contribution in [3.8, 4) is 0 Å². The minimum Gasteiger partial charge on any atom is -0.396 e. The molecule has 0 aromatic carbocycles. The van der Waals surface area contributed by atoms with E-state index in [4.69, 9.17) is 5.11 Å². The highest BCUT2D eigenvalue weighted by molar-refractivity contribution is 4.77. The molecule has 0 bridgehead atoms. The van der Waals surface area contributed by atoms with Crippen LogP contribution in [-0.2, 0) is 0 Å². The van der Waals surface area contributed by atoms with E-state index in [2.05, 4.69) is 13.5 Å². The third-order valence-corrected chi connectivity index (χ3v) is 3.75. The third-order valence-electron chi connectivity index (χ3n) is 3.75. The molecule has 0 rings (SSSR count). The van der Waals surface area contributed by atoms with Crippen LogP contribution in [0, 0.1) is 5.92 Å². The van der Waals surface area contributed by atoms with Crippen molar-refractivity contribution >= 4 is 0 Å². The first-order valence-corrected chi connectivity index (χ1v) is 8.08. The van der Waals surface area contributed by atoms with Gasteiger partial charge in [-0.2, -0.15) is 0 Å². The molecular formula is C17H34O. The first-order valence-electron chi connectivity index (χ1n) is 8.08. The first kappa shape index (κ1) is 17.7. The maximum atomic E-state index is 9.02. The van der Waals surface area contributed by atoms with E-state index in [0.29, 0.717) is 5.92 Å². The smallest absolute Gasteiger partial charge is 0.0493 e. The lowest BCUT2D eigenvalue weighted by molar-refractivity contribution is 0.243. The molecule has 0 saturated heterocycles. The number of hydrogen-bond acceptors (Lipinski definition) is 1. The Balaban J connectivity index is 3.05.